The molecule has 0 spiro atoms. The van der Waals surface area contributed by atoms with E-state index in [-0.39, 0.29) is 30.1 Å². The zero-order valence-electron chi connectivity index (χ0n) is 20.1. The molecule has 0 aliphatic carbocycles. The molecule has 0 aliphatic heterocycles. The molecule has 2 aromatic heterocycles. The second-order valence-electron chi connectivity index (χ2n) is 8.37. The fourth-order valence-corrected chi connectivity index (χ4v) is 3.82. The molecule has 0 saturated carbocycles. The molecule has 11 heteroatoms. The molecular formula is C25H26FN7O3. The quantitative estimate of drug-likeness (QED) is 0.282. The summed E-state index contributed by atoms with van der Waals surface area (Å²) in [6.07, 6.45) is 1.98. The van der Waals surface area contributed by atoms with Gasteiger partial charge in [0.05, 0.1) is 30.3 Å². The Kier molecular flexibility index (Phi) is 7.11. The number of hydrogen-bond acceptors (Lipinski definition) is 7. The van der Waals surface area contributed by atoms with Crippen molar-refractivity contribution in [2.45, 2.75) is 6.42 Å². The van der Waals surface area contributed by atoms with E-state index in [1.165, 1.54) is 12.1 Å². The number of nitrogens with one attached hydrogen (secondary N) is 3. The first-order valence-corrected chi connectivity index (χ1v) is 11.1. The van der Waals surface area contributed by atoms with Crippen LogP contribution in [0.1, 0.15) is 21.7 Å². The maximum atomic E-state index is 14.3. The van der Waals surface area contributed by atoms with E-state index in [4.69, 9.17) is 10.5 Å². The summed E-state index contributed by atoms with van der Waals surface area (Å²) in [5.41, 5.74) is 7.24. The molecule has 4 aromatic rings. The molecule has 36 heavy (non-hydrogen) atoms. The summed E-state index contributed by atoms with van der Waals surface area (Å²) >= 11 is 0. The molecule has 10 nitrogen and oxygen atoms in total. The number of fused-ring (bicyclic) bond motifs is 1. The number of amides is 2. The molecule has 5 N–H and O–H groups in total. The van der Waals surface area contributed by atoms with E-state index in [2.05, 4.69) is 25.6 Å². The summed E-state index contributed by atoms with van der Waals surface area (Å²) < 4.78 is 19.8. The number of primary amides is 1. The standard InChI is InChI=1S/C25H26FN7O3/c1-33(2)13-21(34)29-15-7-8-19(36-3)14(11-15)12-20-31-24-16(9-10-28-24)25(32-20)30-18-6-4-5-17(26)22(18)23(27)35/h4-11H,12-13H2,1-3H3,(H2,27,35)(H,29,34)(H2,28,30,31,32). The van der Waals surface area contributed by atoms with Gasteiger partial charge in [0, 0.05) is 23.9 Å². The number of likely N-dealkylation sites (N-methyl/N-ethyl adjacent to an activating group) is 1. The van der Waals surface area contributed by atoms with Gasteiger partial charge in [0.25, 0.3) is 5.91 Å². The highest BCUT2D eigenvalue weighted by molar-refractivity contribution is 6.00. The van der Waals surface area contributed by atoms with Crippen molar-refractivity contribution >= 4 is 40.0 Å². The molecule has 2 aromatic carbocycles. The average Bonchev–Trinajstić information content (AvgIpc) is 3.27. The van der Waals surface area contributed by atoms with Gasteiger partial charge in [0.2, 0.25) is 5.91 Å². The van der Waals surface area contributed by atoms with Crippen molar-refractivity contribution < 1.29 is 18.7 Å². The Morgan fingerprint density at radius 3 is 2.69 bits per heavy atom. The second kappa shape index (κ2) is 10.4. The highest BCUT2D eigenvalue weighted by atomic mass is 19.1. The number of methoxy groups -OCH3 is 1. The smallest absolute Gasteiger partial charge is 0.253 e. The molecule has 0 fully saturated rings. The van der Waals surface area contributed by atoms with Crippen LogP contribution in [0, 0.1) is 5.82 Å². The first-order valence-electron chi connectivity index (χ1n) is 11.1. The number of rotatable bonds is 9. The number of nitrogens with two attached hydrogens (primary N) is 1. The number of nitrogens with zero attached hydrogens (tertiary/aromatic N) is 3. The molecule has 0 radical (unpaired) electrons. The van der Waals surface area contributed by atoms with Crippen LogP contribution in [0.15, 0.2) is 48.7 Å². The zero-order valence-corrected chi connectivity index (χ0v) is 20.1. The van der Waals surface area contributed by atoms with Gasteiger partial charge in [-0.2, -0.15) is 0 Å². The van der Waals surface area contributed by atoms with Crippen molar-refractivity contribution in [1.29, 1.82) is 0 Å². The van der Waals surface area contributed by atoms with Crippen LogP contribution in [0.2, 0.25) is 0 Å². The van der Waals surface area contributed by atoms with E-state index in [0.29, 0.717) is 34.1 Å². The number of ether oxygens (including phenoxy) is 1. The Morgan fingerprint density at radius 2 is 1.97 bits per heavy atom. The van der Waals surface area contributed by atoms with Gasteiger partial charge in [0.15, 0.2) is 0 Å². The lowest BCUT2D eigenvalue weighted by Gasteiger charge is -2.14. The molecular weight excluding hydrogens is 465 g/mol. The van der Waals surface area contributed by atoms with E-state index in [9.17, 15) is 14.0 Å². The maximum Gasteiger partial charge on any atom is 0.253 e. The topological polar surface area (TPSA) is 138 Å². The van der Waals surface area contributed by atoms with Crippen LogP contribution in [0.3, 0.4) is 0 Å². The number of aromatic nitrogens is 3. The fraction of sp³-hybridized carbons (Fsp3) is 0.200. The Morgan fingerprint density at radius 1 is 1.17 bits per heavy atom. The number of carbonyl (C=O) groups excluding carboxylic acids is 2. The van der Waals surface area contributed by atoms with Crippen molar-refractivity contribution in [3.63, 3.8) is 0 Å². The second-order valence-corrected chi connectivity index (χ2v) is 8.37. The third kappa shape index (κ3) is 5.41. The van der Waals surface area contributed by atoms with Crippen molar-refractivity contribution in [3.05, 3.63) is 71.4 Å². The van der Waals surface area contributed by atoms with Gasteiger partial charge in [-0.05, 0) is 50.5 Å². The van der Waals surface area contributed by atoms with Crippen LogP contribution in [-0.2, 0) is 11.2 Å². The largest absolute Gasteiger partial charge is 0.496 e. The van der Waals surface area contributed by atoms with E-state index in [1.54, 1.807) is 48.5 Å². The van der Waals surface area contributed by atoms with Gasteiger partial charge in [-0.3, -0.25) is 9.59 Å². The van der Waals surface area contributed by atoms with Gasteiger partial charge >= 0.3 is 0 Å². The van der Waals surface area contributed by atoms with Gasteiger partial charge in [-0.1, -0.05) is 6.07 Å². The number of anilines is 3. The third-order valence-corrected chi connectivity index (χ3v) is 5.35. The Hall–Kier alpha value is -4.51. The lowest BCUT2D eigenvalue weighted by atomic mass is 10.1. The zero-order chi connectivity index (χ0) is 25.8. The Bertz CT molecular complexity index is 1430. The van der Waals surface area contributed by atoms with Crippen LogP contribution < -0.4 is 21.1 Å². The SMILES string of the molecule is COc1ccc(NC(=O)CN(C)C)cc1Cc1nc(Nc2cccc(F)c2C(N)=O)c2cc[nH]c2n1. The minimum Gasteiger partial charge on any atom is -0.496 e. The summed E-state index contributed by atoms with van der Waals surface area (Å²) in [7, 11) is 5.18. The fourth-order valence-electron chi connectivity index (χ4n) is 3.82. The lowest BCUT2D eigenvalue weighted by molar-refractivity contribution is -0.116. The number of carbonyl (C=O) groups is 2. The number of H-pyrrole nitrogens is 1. The minimum atomic E-state index is -0.895. The number of hydrogen-bond donors (Lipinski definition) is 4. The maximum absolute atomic E-state index is 14.3. The lowest BCUT2D eigenvalue weighted by Crippen LogP contribution is -2.27. The number of aromatic amines is 1. The predicted molar refractivity (Wildman–Crippen MR) is 135 cm³/mol. The summed E-state index contributed by atoms with van der Waals surface area (Å²) in [5.74, 6) is -0.366. The van der Waals surface area contributed by atoms with Crippen molar-refractivity contribution in [1.82, 2.24) is 19.9 Å². The number of benzene rings is 2. The van der Waals surface area contributed by atoms with Crippen molar-refractivity contribution in [3.8, 4) is 5.75 Å². The van der Waals surface area contributed by atoms with E-state index < -0.39 is 11.7 Å². The predicted octanol–water partition coefficient (Wildman–Crippen LogP) is 3.04. The molecule has 0 bridgehead atoms. The normalized spacial score (nSPS) is 11.0. The van der Waals surface area contributed by atoms with Crippen LogP contribution in [0.4, 0.5) is 21.6 Å². The van der Waals surface area contributed by atoms with Crippen molar-refractivity contribution in [2.24, 2.45) is 5.73 Å². The van der Waals surface area contributed by atoms with Crippen LogP contribution in [-0.4, -0.2) is 59.4 Å². The summed E-state index contributed by atoms with van der Waals surface area (Å²) in [6.45, 7) is 0.246. The summed E-state index contributed by atoms with van der Waals surface area (Å²) in [4.78, 5) is 38.1. The third-order valence-electron chi connectivity index (χ3n) is 5.35. The Labute approximate surface area is 206 Å². The van der Waals surface area contributed by atoms with Crippen LogP contribution >= 0.6 is 0 Å². The summed E-state index contributed by atoms with van der Waals surface area (Å²) in [5, 5.41) is 6.55. The molecule has 0 atom stereocenters. The van der Waals surface area contributed by atoms with E-state index in [1.807, 2.05) is 14.1 Å². The summed E-state index contributed by atoms with van der Waals surface area (Å²) in [6, 6.07) is 11.3. The average molecular weight is 492 g/mol. The monoisotopic (exact) mass is 491 g/mol. The van der Waals surface area contributed by atoms with Crippen molar-refractivity contribution in [2.75, 3.05) is 38.4 Å². The van der Waals surface area contributed by atoms with Gasteiger partial charge in [-0.25, -0.2) is 14.4 Å². The highest BCUT2D eigenvalue weighted by Gasteiger charge is 2.17. The highest BCUT2D eigenvalue weighted by Crippen LogP contribution is 2.29. The first kappa shape index (κ1) is 24.6. The minimum absolute atomic E-state index is 0.146. The Balaban J connectivity index is 1.69. The molecule has 0 aliphatic rings. The first-order chi connectivity index (χ1) is 17.2. The molecule has 0 unspecified atom stereocenters. The number of halogens is 1. The van der Waals surface area contributed by atoms with Gasteiger partial charge < -0.3 is 31.0 Å². The molecule has 2 amide bonds. The molecule has 186 valence electrons. The van der Waals surface area contributed by atoms with E-state index >= 15 is 0 Å². The van der Waals surface area contributed by atoms with Gasteiger partial charge in [0.1, 0.15) is 28.9 Å². The van der Waals surface area contributed by atoms with Gasteiger partial charge in [-0.15, -0.1) is 0 Å². The molecule has 4 rings (SSSR count). The van der Waals surface area contributed by atoms with E-state index in [0.717, 1.165) is 5.56 Å². The van der Waals surface area contributed by atoms with Crippen LogP contribution in [0.25, 0.3) is 11.0 Å². The molecule has 0 saturated heterocycles. The molecule has 2 heterocycles. The van der Waals surface area contributed by atoms with Crippen LogP contribution in [0.5, 0.6) is 5.75 Å².